The summed E-state index contributed by atoms with van der Waals surface area (Å²) in [5, 5.41) is 8.41. The van der Waals surface area contributed by atoms with Crippen LogP contribution in [0.3, 0.4) is 0 Å². The van der Waals surface area contributed by atoms with E-state index in [0.717, 1.165) is 50.1 Å². The number of carbonyl (C=O) groups is 1. The number of benzene rings is 1. The van der Waals surface area contributed by atoms with Gasteiger partial charge in [-0.1, -0.05) is 23.7 Å². The van der Waals surface area contributed by atoms with Crippen molar-refractivity contribution in [1.82, 2.24) is 15.1 Å². The predicted octanol–water partition coefficient (Wildman–Crippen LogP) is 3.82. The summed E-state index contributed by atoms with van der Waals surface area (Å²) < 4.78 is 0. The van der Waals surface area contributed by atoms with E-state index in [1.54, 1.807) is 18.5 Å². The summed E-state index contributed by atoms with van der Waals surface area (Å²) in [5.74, 6) is 0.614. The number of likely N-dealkylation sites (tertiary alicyclic amines) is 1. The molecule has 2 aliphatic rings. The van der Waals surface area contributed by atoms with Crippen LogP contribution in [0, 0.1) is 5.92 Å². The molecule has 1 aromatic heterocycles. The molecule has 1 atom stereocenters. The summed E-state index contributed by atoms with van der Waals surface area (Å²) in [6, 6.07) is 10.2. The number of aromatic nitrogens is 2. The van der Waals surface area contributed by atoms with Crippen LogP contribution in [0.5, 0.6) is 0 Å². The van der Waals surface area contributed by atoms with Gasteiger partial charge in [0.05, 0.1) is 18.0 Å². The summed E-state index contributed by atoms with van der Waals surface area (Å²) in [6.45, 7) is 1.47. The lowest BCUT2D eigenvalue weighted by atomic mass is 9.65. The molecule has 4 rings (SSSR count). The molecule has 1 unspecified atom stereocenters. The topological polar surface area (TPSA) is 72.1 Å². The number of amides is 1. The van der Waals surface area contributed by atoms with Gasteiger partial charge >= 0.3 is 0 Å². The highest BCUT2D eigenvalue weighted by molar-refractivity contribution is 6.30. The van der Waals surface area contributed by atoms with Crippen molar-refractivity contribution in [3.8, 4) is 0 Å². The first kappa shape index (κ1) is 19.3. The van der Waals surface area contributed by atoms with Gasteiger partial charge < -0.3 is 10.6 Å². The van der Waals surface area contributed by atoms with Crippen LogP contribution < -0.4 is 5.73 Å². The number of nitrogens with two attached hydrogens (primary N) is 1. The molecule has 2 aromatic rings. The van der Waals surface area contributed by atoms with E-state index < -0.39 is 0 Å². The maximum atomic E-state index is 13.0. The molecule has 0 spiro atoms. The smallest absolute Gasteiger partial charge is 0.255 e. The molecule has 1 aliphatic carbocycles. The molecule has 1 aromatic carbocycles. The fraction of sp³-hybridized carbons (Fsp3) is 0.500. The third-order valence-electron chi connectivity index (χ3n) is 6.75. The standard InChI is InChI=1S/C22H27ClN4O/c23-19-4-1-3-18(13-19)22(15-24)9-6-16(7-10-22)20-5-2-12-27(20)21(28)17-8-11-25-26-14-17/h1,3-4,8,11,13-14,16,20H,2,5-7,9-10,12,15,24H2. The lowest BCUT2D eigenvalue weighted by Crippen LogP contribution is -2.45. The van der Waals surface area contributed by atoms with Crippen molar-refractivity contribution >= 4 is 17.5 Å². The lowest BCUT2D eigenvalue weighted by Gasteiger charge is -2.43. The summed E-state index contributed by atoms with van der Waals surface area (Å²) in [5.41, 5.74) is 8.14. The van der Waals surface area contributed by atoms with Gasteiger partial charge in [-0.15, -0.1) is 0 Å². The maximum absolute atomic E-state index is 13.0. The van der Waals surface area contributed by atoms with E-state index >= 15 is 0 Å². The Morgan fingerprint density at radius 2 is 2.04 bits per heavy atom. The molecule has 148 valence electrons. The molecule has 5 nitrogen and oxygen atoms in total. The molecular formula is C22H27ClN4O. The maximum Gasteiger partial charge on any atom is 0.255 e. The lowest BCUT2D eigenvalue weighted by molar-refractivity contribution is 0.0636. The Morgan fingerprint density at radius 3 is 2.71 bits per heavy atom. The zero-order valence-electron chi connectivity index (χ0n) is 16.1. The molecule has 0 bridgehead atoms. The molecule has 2 N–H and O–H groups in total. The Balaban J connectivity index is 1.47. The van der Waals surface area contributed by atoms with Crippen LogP contribution in [0.4, 0.5) is 0 Å². The van der Waals surface area contributed by atoms with Crippen LogP contribution in [0.2, 0.25) is 5.02 Å². The van der Waals surface area contributed by atoms with Crippen LogP contribution in [-0.4, -0.2) is 40.1 Å². The normalized spacial score (nSPS) is 27.7. The summed E-state index contributed by atoms with van der Waals surface area (Å²) in [7, 11) is 0. The van der Waals surface area contributed by atoms with E-state index in [1.165, 1.54) is 5.56 Å². The number of hydrogen-bond donors (Lipinski definition) is 1. The van der Waals surface area contributed by atoms with Crippen molar-refractivity contribution in [3.05, 3.63) is 58.9 Å². The Morgan fingerprint density at radius 1 is 1.21 bits per heavy atom. The van der Waals surface area contributed by atoms with Crippen molar-refractivity contribution in [1.29, 1.82) is 0 Å². The monoisotopic (exact) mass is 398 g/mol. The summed E-state index contributed by atoms with van der Waals surface area (Å²) in [6.07, 6.45) is 9.58. The number of halogens is 1. The van der Waals surface area contributed by atoms with E-state index in [4.69, 9.17) is 17.3 Å². The summed E-state index contributed by atoms with van der Waals surface area (Å²) in [4.78, 5) is 15.0. The second-order valence-corrected chi connectivity index (χ2v) is 8.61. The molecule has 1 amide bonds. The van der Waals surface area contributed by atoms with Gasteiger partial charge in [0.25, 0.3) is 5.91 Å². The first-order chi connectivity index (χ1) is 13.6. The minimum atomic E-state index is 0.00383. The molecule has 2 heterocycles. The van der Waals surface area contributed by atoms with Crippen LogP contribution in [0.15, 0.2) is 42.7 Å². The van der Waals surface area contributed by atoms with Crippen LogP contribution >= 0.6 is 11.6 Å². The molecule has 28 heavy (non-hydrogen) atoms. The van der Waals surface area contributed by atoms with Gasteiger partial charge in [0, 0.05) is 29.6 Å². The molecular weight excluding hydrogens is 372 g/mol. The first-order valence-electron chi connectivity index (χ1n) is 10.2. The van der Waals surface area contributed by atoms with Crippen LogP contribution in [-0.2, 0) is 5.41 Å². The van der Waals surface area contributed by atoms with Gasteiger partial charge in [0.15, 0.2) is 0 Å². The zero-order valence-corrected chi connectivity index (χ0v) is 16.8. The third kappa shape index (κ3) is 3.65. The van der Waals surface area contributed by atoms with Gasteiger partial charge in [-0.05, 0) is 68.2 Å². The molecule has 0 radical (unpaired) electrons. The minimum Gasteiger partial charge on any atom is -0.335 e. The van der Waals surface area contributed by atoms with E-state index in [9.17, 15) is 4.79 Å². The number of hydrogen-bond acceptors (Lipinski definition) is 4. The molecule has 1 aliphatic heterocycles. The van der Waals surface area contributed by atoms with Gasteiger partial charge in [-0.3, -0.25) is 4.79 Å². The highest BCUT2D eigenvalue weighted by atomic mass is 35.5. The molecule has 1 saturated heterocycles. The minimum absolute atomic E-state index is 0.00383. The van der Waals surface area contributed by atoms with Crippen molar-refractivity contribution in [2.24, 2.45) is 11.7 Å². The number of nitrogens with zero attached hydrogens (tertiary/aromatic N) is 3. The van der Waals surface area contributed by atoms with Crippen LogP contribution in [0.1, 0.15) is 54.4 Å². The van der Waals surface area contributed by atoms with Crippen molar-refractivity contribution in [3.63, 3.8) is 0 Å². The van der Waals surface area contributed by atoms with Crippen molar-refractivity contribution in [2.45, 2.75) is 50.0 Å². The summed E-state index contributed by atoms with van der Waals surface area (Å²) >= 11 is 6.23. The molecule has 1 saturated carbocycles. The highest BCUT2D eigenvalue weighted by Gasteiger charge is 2.41. The SMILES string of the molecule is NCC1(c2cccc(Cl)c2)CCC(C2CCCN2C(=O)c2ccnnc2)CC1. The second-order valence-electron chi connectivity index (χ2n) is 8.17. The van der Waals surface area contributed by atoms with Crippen molar-refractivity contribution in [2.75, 3.05) is 13.1 Å². The molecule has 6 heteroatoms. The zero-order chi connectivity index (χ0) is 19.6. The van der Waals surface area contributed by atoms with Gasteiger partial charge in [0.1, 0.15) is 0 Å². The fourth-order valence-corrected chi connectivity index (χ4v) is 5.31. The number of rotatable bonds is 4. The predicted molar refractivity (Wildman–Crippen MR) is 110 cm³/mol. The van der Waals surface area contributed by atoms with Gasteiger partial charge in [-0.25, -0.2) is 0 Å². The third-order valence-corrected chi connectivity index (χ3v) is 6.99. The Bertz CT molecular complexity index is 820. The number of carbonyl (C=O) groups excluding carboxylic acids is 1. The quantitative estimate of drug-likeness (QED) is 0.849. The average molecular weight is 399 g/mol. The van der Waals surface area contributed by atoms with E-state index in [-0.39, 0.29) is 11.3 Å². The van der Waals surface area contributed by atoms with Crippen LogP contribution in [0.25, 0.3) is 0 Å². The van der Waals surface area contributed by atoms with E-state index in [2.05, 4.69) is 27.2 Å². The Hall–Kier alpha value is -1.98. The Kier molecular flexibility index (Phi) is 5.65. The van der Waals surface area contributed by atoms with Gasteiger partial charge in [-0.2, -0.15) is 10.2 Å². The van der Waals surface area contributed by atoms with E-state index in [0.29, 0.717) is 24.1 Å². The average Bonchev–Trinajstić information content (AvgIpc) is 3.24. The van der Waals surface area contributed by atoms with Gasteiger partial charge in [0.2, 0.25) is 0 Å². The second kappa shape index (κ2) is 8.18. The van der Waals surface area contributed by atoms with Crippen molar-refractivity contribution < 1.29 is 4.79 Å². The molecule has 2 fully saturated rings. The fourth-order valence-electron chi connectivity index (χ4n) is 5.12. The van der Waals surface area contributed by atoms with E-state index in [1.807, 2.05) is 12.1 Å². The Labute approximate surface area is 171 Å². The largest absolute Gasteiger partial charge is 0.335 e. The highest BCUT2D eigenvalue weighted by Crippen LogP contribution is 2.44. The first-order valence-corrected chi connectivity index (χ1v) is 10.5.